The normalized spacial score (nSPS) is 16.5. The van der Waals surface area contributed by atoms with Gasteiger partial charge in [0.05, 0.1) is 0 Å². The van der Waals surface area contributed by atoms with Crippen LogP contribution < -0.4 is 15.4 Å². The number of nitrogens with one attached hydrogen (secondary N) is 2. The van der Waals surface area contributed by atoms with Gasteiger partial charge in [-0.2, -0.15) is 0 Å². The van der Waals surface area contributed by atoms with Gasteiger partial charge in [0.15, 0.2) is 12.6 Å². The smallest absolute Gasteiger partial charge is 0.258 e. The number of rotatable bonds is 9. The lowest BCUT2D eigenvalue weighted by molar-refractivity contribution is -0.123. The fourth-order valence-corrected chi connectivity index (χ4v) is 4.35. The molecule has 0 bridgehead atoms. The summed E-state index contributed by atoms with van der Waals surface area (Å²) in [7, 11) is 1.86. The Kier molecular flexibility index (Phi) is 10.5. The molecule has 4 rings (SSSR count). The third-order valence-electron chi connectivity index (χ3n) is 6.43. The van der Waals surface area contributed by atoms with Crippen LogP contribution in [0, 0.1) is 5.92 Å². The van der Waals surface area contributed by atoms with Crippen LogP contribution in [0.25, 0.3) is 0 Å². The Balaban J connectivity index is 0.00000324. The van der Waals surface area contributed by atoms with Crippen LogP contribution in [0.2, 0.25) is 0 Å². The number of hydrogen-bond donors (Lipinski definition) is 2. The first-order chi connectivity index (χ1) is 16.2. The van der Waals surface area contributed by atoms with E-state index >= 15 is 0 Å². The molecule has 34 heavy (non-hydrogen) atoms. The monoisotopic (exact) mass is 576 g/mol. The number of carbonyl (C=O) groups excluding carboxylic acids is 1. The number of amides is 1. The van der Waals surface area contributed by atoms with E-state index in [1.807, 2.05) is 19.2 Å². The molecule has 184 valence electrons. The van der Waals surface area contributed by atoms with Gasteiger partial charge in [-0.1, -0.05) is 42.5 Å². The maximum atomic E-state index is 11.7. The topological polar surface area (TPSA) is 66.0 Å². The number of halogens is 1. The summed E-state index contributed by atoms with van der Waals surface area (Å²) >= 11 is 0. The van der Waals surface area contributed by atoms with E-state index in [4.69, 9.17) is 4.74 Å². The van der Waals surface area contributed by atoms with Crippen LogP contribution >= 0.6 is 24.0 Å². The predicted octanol–water partition coefficient (Wildman–Crippen LogP) is 4.03. The van der Waals surface area contributed by atoms with Crippen molar-refractivity contribution in [1.82, 2.24) is 15.5 Å². The van der Waals surface area contributed by atoms with Crippen molar-refractivity contribution < 1.29 is 9.53 Å². The molecule has 0 unspecified atom stereocenters. The summed E-state index contributed by atoms with van der Waals surface area (Å²) in [6.07, 6.45) is 6.67. The van der Waals surface area contributed by atoms with E-state index in [0.29, 0.717) is 6.04 Å². The lowest BCUT2D eigenvalue weighted by atomic mass is 9.90. The van der Waals surface area contributed by atoms with Crippen LogP contribution in [0.1, 0.15) is 36.8 Å². The van der Waals surface area contributed by atoms with E-state index in [1.54, 1.807) is 0 Å². The summed E-state index contributed by atoms with van der Waals surface area (Å²) in [4.78, 5) is 18.6. The number of piperidine rings is 1. The molecule has 0 atom stereocenters. The van der Waals surface area contributed by atoms with Crippen molar-refractivity contribution in [2.24, 2.45) is 10.9 Å². The molecule has 2 aliphatic rings. The molecule has 7 heteroatoms. The molecular formula is C27H37IN4O2. The minimum Gasteiger partial charge on any atom is -0.484 e. The molecule has 1 amide bonds. The predicted molar refractivity (Wildman–Crippen MR) is 148 cm³/mol. The summed E-state index contributed by atoms with van der Waals surface area (Å²) in [6, 6.07) is 19.2. The number of nitrogens with zero attached hydrogens (tertiary/aromatic N) is 2. The molecule has 1 saturated carbocycles. The standard InChI is InChI=1S/C27H36N4O2.HI/c1-28-27(31-17-14-23(15-18-31)19-22-5-3-2-4-6-22)29-16-13-21-7-11-25(12-8-21)33-20-26(32)30-24-9-10-24;/h2-8,11-12,23-24H,9-10,13-20H2,1H3,(H,28,29)(H,30,32);1H. The van der Waals surface area contributed by atoms with Gasteiger partial charge in [-0.15, -0.1) is 24.0 Å². The van der Waals surface area contributed by atoms with E-state index in [9.17, 15) is 4.79 Å². The SMILES string of the molecule is CN=C(NCCc1ccc(OCC(=O)NC2CC2)cc1)N1CCC(Cc2ccccc2)CC1.I. The number of guanidine groups is 1. The molecule has 2 N–H and O–H groups in total. The van der Waals surface area contributed by atoms with Gasteiger partial charge in [0.25, 0.3) is 5.91 Å². The van der Waals surface area contributed by atoms with Gasteiger partial charge in [-0.3, -0.25) is 9.79 Å². The third-order valence-corrected chi connectivity index (χ3v) is 6.43. The zero-order chi connectivity index (χ0) is 22.9. The Morgan fingerprint density at radius 3 is 2.35 bits per heavy atom. The average Bonchev–Trinajstić information content (AvgIpc) is 3.67. The summed E-state index contributed by atoms with van der Waals surface area (Å²) in [6.45, 7) is 3.02. The Morgan fingerprint density at radius 2 is 1.71 bits per heavy atom. The Morgan fingerprint density at radius 1 is 1.00 bits per heavy atom. The number of likely N-dealkylation sites (tertiary alicyclic amines) is 1. The molecule has 0 radical (unpaired) electrons. The third kappa shape index (κ3) is 8.49. The number of carbonyl (C=O) groups is 1. The highest BCUT2D eigenvalue weighted by molar-refractivity contribution is 14.0. The van der Waals surface area contributed by atoms with Crippen molar-refractivity contribution in [3.63, 3.8) is 0 Å². The highest BCUT2D eigenvalue weighted by atomic mass is 127. The average molecular weight is 577 g/mol. The van der Waals surface area contributed by atoms with Crippen molar-refractivity contribution in [1.29, 1.82) is 0 Å². The summed E-state index contributed by atoms with van der Waals surface area (Å²) in [5.41, 5.74) is 2.67. The zero-order valence-corrected chi connectivity index (χ0v) is 22.4. The first-order valence-electron chi connectivity index (χ1n) is 12.2. The minimum absolute atomic E-state index is 0. The highest BCUT2D eigenvalue weighted by Gasteiger charge is 2.23. The molecule has 2 aromatic rings. The highest BCUT2D eigenvalue weighted by Crippen LogP contribution is 2.22. The number of benzene rings is 2. The molecule has 2 fully saturated rings. The van der Waals surface area contributed by atoms with Crippen LogP contribution in [0.5, 0.6) is 5.75 Å². The first kappa shape index (κ1) is 26.3. The first-order valence-corrected chi connectivity index (χ1v) is 12.2. The van der Waals surface area contributed by atoms with Crippen LogP contribution in [0.4, 0.5) is 0 Å². The molecule has 0 aromatic heterocycles. The van der Waals surface area contributed by atoms with E-state index < -0.39 is 0 Å². The van der Waals surface area contributed by atoms with E-state index in [0.717, 1.165) is 56.5 Å². The van der Waals surface area contributed by atoms with Crippen LogP contribution in [-0.2, 0) is 17.6 Å². The fourth-order valence-electron chi connectivity index (χ4n) is 4.35. The van der Waals surface area contributed by atoms with Crippen molar-refractivity contribution in [3.05, 3.63) is 65.7 Å². The lowest BCUT2D eigenvalue weighted by Gasteiger charge is -2.34. The number of ether oxygens (including phenoxy) is 1. The Bertz CT molecular complexity index is 908. The molecule has 2 aromatic carbocycles. The largest absolute Gasteiger partial charge is 0.484 e. The van der Waals surface area contributed by atoms with Crippen LogP contribution in [0.15, 0.2) is 59.6 Å². The lowest BCUT2D eigenvalue weighted by Crippen LogP contribution is -2.46. The van der Waals surface area contributed by atoms with Gasteiger partial charge in [0.2, 0.25) is 0 Å². The molecule has 6 nitrogen and oxygen atoms in total. The fraction of sp³-hybridized carbons (Fsp3) is 0.481. The van der Waals surface area contributed by atoms with Gasteiger partial charge in [0, 0.05) is 32.7 Å². The van der Waals surface area contributed by atoms with Gasteiger partial charge < -0.3 is 20.3 Å². The minimum atomic E-state index is -0.0405. The quantitative estimate of drug-likeness (QED) is 0.269. The van der Waals surface area contributed by atoms with Gasteiger partial charge in [-0.25, -0.2) is 0 Å². The maximum Gasteiger partial charge on any atom is 0.258 e. The summed E-state index contributed by atoms with van der Waals surface area (Å²) in [5, 5.41) is 6.45. The van der Waals surface area contributed by atoms with Gasteiger partial charge in [0.1, 0.15) is 5.75 Å². The van der Waals surface area contributed by atoms with Crippen molar-refractivity contribution in [2.45, 2.75) is 44.6 Å². The zero-order valence-electron chi connectivity index (χ0n) is 20.0. The maximum absolute atomic E-state index is 11.7. The van der Waals surface area contributed by atoms with Crippen molar-refractivity contribution in [3.8, 4) is 5.75 Å². The van der Waals surface area contributed by atoms with E-state index in [1.165, 1.54) is 30.4 Å². The molecule has 1 aliphatic heterocycles. The van der Waals surface area contributed by atoms with Crippen LogP contribution in [-0.4, -0.2) is 56.1 Å². The Hall–Kier alpha value is -2.29. The second-order valence-electron chi connectivity index (χ2n) is 9.12. The van der Waals surface area contributed by atoms with E-state index in [-0.39, 0.29) is 36.5 Å². The Labute approximate surface area is 220 Å². The van der Waals surface area contributed by atoms with Crippen LogP contribution in [0.3, 0.4) is 0 Å². The second-order valence-corrected chi connectivity index (χ2v) is 9.12. The molecule has 1 saturated heterocycles. The summed E-state index contributed by atoms with van der Waals surface area (Å²) in [5.74, 6) is 2.44. The molecule has 1 heterocycles. The summed E-state index contributed by atoms with van der Waals surface area (Å²) < 4.78 is 5.58. The van der Waals surface area contributed by atoms with Gasteiger partial charge in [-0.05, 0) is 67.7 Å². The molecular weight excluding hydrogens is 539 g/mol. The number of hydrogen-bond acceptors (Lipinski definition) is 3. The van der Waals surface area contributed by atoms with Gasteiger partial charge >= 0.3 is 0 Å². The van der Waals surface area contributed by atoms with Crippen molar-refractivity contribution in [2.75, 3.05) is 33.3 Å². The van der Waals surface area contributed by atoms with E-state index in [2.05, 4.69) is 63.0 Å². The van der Waals surface area contributed by atoms with Crippen molar-refractivity contribution >= 4 is 35.8 Å². The molecule has 0 spiro atoms. The molecule has 1 aliphatic carbocycles. The second kappa shape index (κ2) is 13.6. The number of aliphatic imine (C=N–C) groups is 1.